The van der Waals surface area contributed by atoms with Crippen LogP contribution in [0.1, 0.15) is 40.4 Å². The van der Waals surface area contributed by atoms with Crippen LogP contribution >= 0.6 is 11.3 Å². The number of thiophene rings is 1. The first-order chi connectivity index (χ1) is 7.06. The fourth-order valence-corrected chi connectivity index (χ4v) is 2.07. The molecule has 1 aromatic heterocycles. The summed E-state index contributed by atoms with van der Waals surface area (Å²) in [6, 6.07) is 2.40. The van der Waals surface area contributed by atoms with Crippen LogP contribution in [0.4, 0.5) is 0 Å². The van der Waals surface area contributed by atoms with Gasteiger partial charge in [0.05, 0.1) is 6.04 Å². The molecular formula is C10H13NO3S. The molecule has 0 aliphatic heterocycles. The van der Waals surface area contributed by atoms with E-state index >= 15 is 0 Å². The normalized spacial score (nSPS) is 12.4. The molecular weight excluding hydrogens is 214 g/mol. The number of hydrogen-bond acceptors (Lipinski definition) is 4. The number of Topliss-reactive ketones (excluding diaryl/α,β-unsaturated/α-hetero) is 1. The molecule has 3 N–H and O–H groups in total. The predicted molar refractivity (Wildman–Crippen MR) is 58.1 cm³/mol. The van der Waals surface area contributed by atoms with Gasteiger partial charge in [-0.2, -0.15) is 0 Å². The zero-order valence-corrected chi connectivity index (χ0v) is 9.21. The van der Waals surface area contributed by atoms with E-state index in [-0.39, 0.29) is 10.7 Å². The van der Waals surface area contributed by atoms with Crippen molar-refractivity contribution in [2.45, 2.75) is 25.8 Å². The lowest BCUT2D eigenvalue weighted by molar-refractivity contribution is -0.120. The van der Waals surface area contributed by atoms with Crippen LogP contribution in [0, 0.1) is 0 Å². The molecule has 1 unspecified atom stereocenters. The van der Waals surface area contributed by atoms with Crippen molar-refractivity contribution >= 4 is 23.1 Å². The van der Waals surface area contributed by atoms with E-state index in [4.69, 9.17) is 10.8 Å². The summed E-state index contributed by atoms with van der Waals surface area (Å²) in [5, 5.41) is 8.71. The lowest BCUT2D eigenvalue weighted by Gasteiger charge is -2.06. The van der Waals surface area contributed by atoms with Gasteiger partial charge in [-0.25, -0.2) is 4.79 Å². The Labute approximate surface area is 91.7 Å². The fraction of sp³-hybridized carbons (Fsp3) is 0.400. The zero-order chi connectivity index (χ0) is 11.4. The molecule has 0 aromatic carbocycles. The molecule has 0 saturated carbocycles. The molecule has 0 radical (unpaired) electrons. The van der Waals surface area contributed by atoms with Gasteiger partial charge in [0.25, 0.3) is 0 Å². The van der Waals surface area contributed by atoms with E-state index in [1.807, 2.05) is 6.92 Å². The van der Waals surface area contributed by atoms with Crippen molar-refractivity contribution in [1.82, 2.24) is 0 Å². The maximum absolute atomic E-state index is 11.5. The van der Waals surface area contributed by atoms with Crippen LogP contribution in [0.25, 0.3) is 0 Å². The highest BCUT2D eigenvalue weighted by Crippen LogP contribution is 2.23. The second-order valence-corrected chi connectivity index (χ2v) is 4.32. The molecule has 0 saturated heterocycles. The minimum Gasteiger partial charge on any atom is -0.477 e. The number of carboxylic acids is 1. The molecule has 4 nitrogen and oxygen atoms in total. The predicted octanol–water partition coefficient (Wildman–Crippen LogP) is 1.82. The van der Waals surface area contributed by atoms with Crippen LogP contribution in [0.2, 0.25) is 0 Å². The Morgan fingerprint density at radius 3 is 2.67 bits per heavy atom. The first-order valence-electron chi connectivity index (χ1n) is 4.67. The van der Waals surface area contributed by atoms with Crippen LogP contribution in [-0.2, 0) is 4.79 Å². The fourth-order valence-electron chi connectivity index (χ4n) is 1.20. The second kappa shape index (κ2) is 5.04. The quantitative estimate of drug-likeness (QED) is 0.804. The topological polar surface area (TPSA) is 80.4 Å². The number of carboxylic acid groups (broad SMARTS) is 1. The van der Waals surface area contributed by atoms with Gasteiger partial charge in [-0.05, 0) is 18.6 Å². The van der Waals surface area contributed by atoms with Gasteiger partial charge < -0.3 is 10.8 Å². The number of carbonyl (C=O) groups excluding carboxylic acids is 1. The summed E-state index contributed by atoms with van der Waals surface area (Å²) in [6.45, 7) is 1.90. The Kier molecular flexibility index (Phi) is 3.99. The average molecular weight is 227 g/mol. The smallest absolute Gasteiger partial charge is 0.345 e. The van der Waals surface area contributed by atoms with Gasteiger partial charge in [-0.15, -0.1) is 11.3 Å². The van der Waals surface area contributed by atoms with E-state index in [0.29, 0.717) is 11.3 Å². The van der Waals surface area contributed by atoms with E-state index in [2.05, 4.69) is 0 Å². The molecule has 1 heterocycles. The maximum atomic E-state index is 11.5. The third kappa shape index (κ3) is 2.87. The molecule has 0 bridgehead atoms. The molecule has 1 atom stereocenters. The number of ketones is 1. The van der Waals surface area contributed by atoms with Gasteiger partial charge in [-0.3, -0.25) is 4.79 Å². The van der Waals surface area contributed by atoms with Crippen molar-refractivity contribution in [3.63, 3.8) is 0 Å². The number of hydrogen-bond donors (Lipinski definition) is 2. The van der Waals surface area contributed by atoms with Gasteiger partial charge in [-0.1, -0.05) is 6.92 Å². The van der Waals surface area contributed by atoms with Crippen LogP contribution in [-0.4, -0.2) is 16.9 Å². The van der Waals surface area contributed by atoms with Crippen molar-refractivity contribution in [3.05, 3.63) is 21.9 Å². The Bertz CT molecular complexity index is 372. The molecule has 1 aromatic rings. The van der Waals surface area contributed by atoms with Crippen molar-refractivity contribution in [3.8, 4) is 0 Å². The van der Waals surface area contributed by atoms with Gasteiger partial charge in [0.2, 0.25) is 0 Å². The van der Waals surface area contributed by atoms with E-state index in [1.54, 1.807) is 6.07 Å². The molecule has 15 heavy (non-hydrogen) atoms. The summed E-state index contributed by atoms with van der Waals surface area (Å²) >= 11 is 1.06. The number of rotatable bonds is 5. The van der Waals surface area contributed by atoms with Gasteiger partial charge in [0.15, 0.2) is 5.78 Å². The lowest BCUT2D eigenvalue weighted by atomic mass is 10.1. The standard InChI is InChI=1S/C10H13NO3S/c1-2-3-6(12)9(11)7-4-5-8(15-7)10(13)14/h4-5,9H,2-3,11H2,1H3,(H,13,14). The Morgan fingerprint density at radius 1 is 1.53 bits per heavy atom. The van der Waals surface area contributed by atoms with Crippen LogP contribution in [0.3, 0.4) is 0 Å². The Hall–Kier alpha value is -1.20. The summed E-state index contributed by atoms with van der Waals surface area (Å²) in [5.74, 6) is -1.03. The summed E-state index contributed by atoms with van der Waals surface area (Å²) in [6.07, 6.45) is 1.19. The molecule has 0 aliphatic rings. The second-order valence-electron chi connectivity index (χ2n) is 3.20. The number of aromatic carboxylic acids is 1. The third-order valence-electron chi connectivity index (χ3n) is 1.99. The van der Waals surface area contributed by atoms with E-state index < -0.39 is 12.0 Å². The average Bonchev–Trinajstić information content (AvgIpc) is 2.65. The van der Waals surface area contributed by atoms with E-state index in [0.717, 1.165) is 17.8 Å². The minimum atomic E-state index is -0.985. The molecule has 1 rings (SSSR count). The highest BCUT2D eigenvalue weighted by Gasteiger charge is 2.18. The first kappa shape index (κ1) is 11.9. The van der Waals surface area contributed by atoms with Crippen LogP contribution in [0.5, 0.6) is 0 Å². The van der Waals surface area contributed by atoms with Gasteiger partial charge in [0.1, 0.15) is 4.88 Å². The van der Waals surface area contributed by atoms with Crippen molar-refractivity contribution < 1.29 is 14.7 Å². The highest BCUT2D eigenvalue weighted by molar-refractivity contribution is 7.14. The zero-order valence-electron chi connectivity index (χ0n) is 8.40. The molecule has 82 valence electrons. The largest absolute Gasteiger partial charge is 0.477 e. The Morgan fingerprint density at radius 2 is 2.20 bits per heavy atom. The first-order valence-corrected chi connectivity index (χ1v) is 5.49. The van der Waals surface area contributed by atoms with Crippen LogP contribution in [0.15, 0.2) is 12.1 Å². The van der Waals surface area contributed by atoms with Crippen molar-refractivity contribution in [2.75, 3.05) is 0 Å². The maximum Gasteiger partial charge on any atom is 0.345 e. The summed E-state index contributed by atoms with van der Waals surface area (Å²) in [4.78, 5) is 22.9. The molecule has 5 heteroatoms. The highest BCUT2D eigenvalue weighted by atomic mass is 32.1. The lowest BCUT2D eigenvalue weighted by Crippen LogP contribution is -2.19. The van der Waals surface area contributed by atoms with E-state index in [9.17, 15) is 9.59 Å². The minimum absolute atomic E-state index is 0.0451. The SMILES string of the molecule is CCCC(=O)C(N)c1ccc(C(=O)O)s1. The number of carbonyl (C=O) groups is 2. The van der Waals surface area contributed by atoms with Gasteiger partial charge in [0, 0.05) is 11.3 Å². The molecule has 0 amide bonds. The molecule has 0 aliphatic carbocycles. The third-order valence-corrected chi connectivity index (χ3v) is 3.14. The van der Waals surface area contributed by atoms with Gasteiger partial charge >= 0.3 is 5.97 Å². The van der Waals surface area contributed by atoms with E-state index in [1.165, 1.54) is 6.07 Å². The van der Waals surface area contributed by atoms with Crippen molar-refractivity contribution in [2.24, 2.45) is 5.73 Å². The summed E-state index contributed by atoms with van der Waals surface area (Å²) in [5.41, 5.74) is 5.71. The Balaban J connectivity index is 2.78. The van der Waals surface area contributed by atoms with Crippen molar-refractivity contribution in [1.29, 1.82) is 0 Å². The van der Waals surface area contributed by atoms with Crippen LogP contribution < -0.4 is 5.73 Å². The summed E-state index contributed by atoms with van der Waals surface area (Å²) < 4.78 is 0. The molecule has 0 fully saturated rings. The summed E-state index contributed by atoms with van der Waals surface area (Å²) in [7, 11) is 0. The molecule has 0 spiro atoms. The monoisotopic (exact) mass is 227 g/mol. The number of nitrogens with two attached hydrogens (primary N) is 1.